The van der Waals surface area contributed by atoms with Crippen LogP contribution in [0.25, 0.3) is 0 Å². The largest absolute Gasteiger partial charge is 0.497 e. The number of anilines is 1. The summed E-state index contributed by atoms with van der Waals surface area (Å²) in [5.74, 6) is -3.77. The lowest BCUT2D eigenvalue weighted by Crippen LogP contribution is -2.45. The summed E-state index contributed by atoms with van der Waals surface area (Å²) >= 11 is 0. The number of amides is 2. The number of alkyl halides is 2. The highest BCUT2D eigenvalue weighted by molar-refractivity contribution is 7.91. The predicted molar refractivity (Wildman–Crippen MR) is 125 cm³/mol. The van der Waals surface area contributed by atoms with E-state index in [0.717, 1.165) is 0 Å². The molecule has 2 aromatic rings. The van der Waals surface area contributed by atoms with Crippen molar-refractivity contribution < 1.29 is 31.5 Å². The van der Waals surface area contributed by atoms with Gasteiger partial charge in [-0.15, -0.1) is 0 Å². The van der Waals surface area contributed by atoms with E-state index in [-0.39, 0.29) is 48.4 Å². The fourth-order valence-corrected chi connectivity index (χ4v) is 5.94. The Morgan fingerprint density at radius 3 is 2.46 bits per heavy atom. The van der Waals surface area contributed by atoms with Gasteiger partial charge in [-0.3, -0.25) is 9.59 Å². The Balaban J connectivity index is 1.66. The molecule has 0 radical (unpaired) electrons. The Bertz CT molecular complexity index is 1220. The molecule has 0 aromatic heterocycles. The minimum atomic E-state index is -3.90. The summed E-state index contributed by atoms with van der Waals surface area (Å²) in [7, 11) is -2.37. The van der Waals surface area contributed by atoms with Gasteiger partial charge in [-0.25, -0.2) is 17.2 Å². The van der Waals surface area contributed by atoms with E-state index in [2.05, 4.69) is 5.32 Å². The maximum Gasteiger partial charge on any atom is 0.251 e. The number of nitrogens with zero attached hydrogens (tertiary/aromatic N) is 1. The number of fused-ring (bicyclic) bond motifs is 1. The first kappa shape index (κ1) is 25.1. The third kappa shape index (κ3) is 5.46. The summed E-state index contributed by atoms with van der Waals surface area (Å²) in [6.45, 7) is 0.0296. The molecule has 3 N–H and O–H groups in total. The van der Waals surface area contributed by atoms with Gasteiger partial charge in [0, 0.05) is 24.4 Å². The van der Waals surface area contributed by atoms with Crippen molar-refractivity contribution in [3.8, 4) is 5.75 Å². The topological polar surface area (TPSA) is 119 Å². The van der Waals surface area contributed by atoms with Gasteiger partial charge in [0.15, 0.2) is 9.84 Å². The molecule has 1 atom stereocenters. The molecule has 2 amide bonds. The number of nitrogens with two attached hydrogens (primary N) is 1. The van der Waals surface area contributed by atoms with Crippen molar-refractivity contribution in [2.24, 2.45) is 5.73 Å². The number of benzene rings is 2. The second-order valence-corrected chi connectivity index (χ2v) is 10.9. The number of ether oxygens (including phenoxy) is 1. The second kappa shape index (κ2) is 9.54. The van der Waals surface area contributed by atoms with E-state index in [1.807, 2.05) is 0 Å². The number of rotatable bonds is 5. The Labute approximate surface area is 202 Å². The quantitative estimate of drug-likeness (QED) is 0.642. The average Bonchev–Trinajstić information content (AvgIpc) is 2.89. The highest BCUT2D eigenvalue weighted by Gasteiger charge is 2.37. The van der Waals surface area contributed by atoms with Crippen molar-refractivity contribution in [2.45, 2.75) is 55.1 Å². The fraction of sp³-hybridized carbons (Fsp3) is 0.417. The lowest BCUT2D eigenvalue weighted by molar-refractivity contribution is -0.119. The second-order valence-electron chi connectivity index (χ2n) is 8.95. The summed E-state index contributed by atoms with van der Waals surface area (Å²) in [5.41, 5.74) is 6.82. The minimum Gasteiger partial charge on any atom is -0.497 e. The number of hydrogen-bond donors (Lipinski definition) is 2. The van der Waals surface area contributed by atoms with Crippen LogP contribution in [-0.2, 0) is 21.2 Å². The van der Waals surface area contributed by atoms with Crippen molar-refractivity contribution in [1.29, 1.82) is 0 Å². The van der Waals surface area contributed by atoms with Crippen LogP contribution in [0.2, 0.25) is 0 Å². The van der Waals surface area contributed by atoms with Crippen LogP contribution < -0.4 is 20.7 Å². The summed E-state index contributed by atoms with van der Waals surface area (Å²) < 4.78 is 57.9. The summed E-state index contributed by atoms with van der Waals surface area (Å²) in [6, 6.07) is 9.23. The van der Waals surface area contributed by atoms with E-state index < -0.39 is 45.4 Å². The highest BCUT2D eigenvalue weighted by atomic mass is 32.2. The van der Waals surface area contributed by atoms with Crippen molar-refractivity contribution >= 4 is 27.3 Å². The van der Waals surface area contributed by atoms with Crippen molar-refractivity contribution in [3.05, 3.63) is 53.6 Å². The van der Waals surface area contributed by atoms with Gasteiger partial charge in [0.2, 0.25) is 11.8 Å². The van der Waals surface area contributed by atoms with Gasteiger partial charge >= 0.3 is 0 Å². The van der Waals surface area contributed by atoms with Gasteiger partial charge in [-0.05, 0) is 48.7 Å². The Morgan fingerprint density at radius 1 is 1.17 bits per heavy atom. The highest BCUT2D eigenvalue weighted by Crippen LogP contribution is 2.34. The predicted octanol–water partition coefficient (Wildman–Crippen LogP) is 2.65. The minimum absolute atomic E-state index is 0.0296. The van der Waals surface area contributed by atoms with Crippen LogP contribution >= 0.6 is 0 Å². The zero-order chi connectivity index (χ0) is 25.4. The first-order valence-electron chi connectivity index (χ1n) is 11.2. The average molecular weight is 508 g/mol. The maximum absolute atomic E-state index is 13.4. The maximum atomic E-state index is 13.4. The van der Waals surface area contributed by atoms with Gasteiger partial charge < -0.3 is 20.7 Å². The molecule has 188 valence electrons. The van der Waals surface area contributed by atoms with E-state index in [4.69, 9.17) is 10.5 Å². The third-order valence-corrected chi connectivity index (χ3v) is 8.19. The van der Waals surface area contributed by atoms with Crippen LogP contribution in [0.1, 0.15) is 41.6 Å². The van der Waals surface area contributed by atoms with Gasteiger partial charge in [-0.1, -0.05) is 12.1 Å². The first-order valence-corrected chi connectivity index (χ1v) is 12.9. The summed E-state index contributed by atoms with van der Waals surface area (Å²) in [6.07, 6.45) is -0.311. The molecule has 8 nitrogen and oxygen atoms in total. The van der Waals surface area contributed by atoms with Crippen molar-refractivity contribution in [1.82, 2.24) is 5.32 Å². The summed E-state index contributed by atoms with van der Waals surface area (Å²) in [5, 5.41) is 2.75. The lowest BCUT2D eigenvalue weighted by Gasteiger charge is -2.29. The molecule has 0 unspecified atom stereocenters. The molecule has 2 aromatic carbocycles. The van der Waals surface area contributed by atoms with Crippen LogP contribution in [0.5, 0.6) is 5.75 Å². The van der Waals surface area contributed by atoms with Gasteiger partial charge in [-0.2, -0.15) is 0 Å². The third-order valence-electron chi connectivity index (χ3n) is 6.38. The Morgan fingerprint density at radius 2 is 1.83 bits per heavy atom. The lowest BCUT2D eigenvalue weighted by atomic mass is 9.92. The standard InChI is InChI=1S/C24H27F2N3O5S/c1-34-18-5-2-15(3-6-18)13-29-20-12-16(22(30)28-17-8-10-24(25,26)11-9-17)4-7-21(20)35(32,33)14-19(27)23(29)31/h2-7,12,17,19H,8-11,13-14,27H2,1H3,(H,28,30)/t19-/m0/s1. The SMILES string of the molecule is COc1ccc(CN2C(=O)[C@@H](N)CS(=O)(=O)c3ccc(C(=O)NC4CCC(F)(F)CC4)cc32)cc1. The number of hydrogen-bond acceptors (Lipinski definition) is 6. The number of halogens is 2. The van der Waals surface area contributed by atoms with Crippen LogP contribution in [0, 0.1) is 0 Å². The van der Waals surface area contributed by atoms with E-state index in [1.54, 1.807) is 24.3 Å². The smallest absolute Gasteiger partial charge is 0.251 e. The summed E-state index contributed by atoms with van der Waals surface area (Å²) in [4.78, 5) is 27.2. The van der Waals surface area contributed by atoms with Crippen LogP contribution in [0.4, 0.5) is 14.5 Å². The zero-order valence-corrected chi connectivity index (χ0v) is 20.0. The molecule has 1 aliphatic carbocycles. The van der Waals surface area contributed by atoms with E-state index in [1.165, 1.54) is 30.2 Å². The molecule has 1 heterocycles. The molecule has 11 heteroatoms. The number of sulfone groups is 1. The molecule has 1 aliphatic heterocycles. The normalized spacial score (nSPS) is 21.7. The van der Waals surface area contributed by atoms with E-state index in [0.29, 0.717) is 11.3 Å². The molecule has 0 bridgehead atoms. The molecule has 0 saturated heterocycles. The van der Waals surface area contributed by atoms with Gasteiger partial charge in [0.05, 0.1) is 36.0 Å². The van der Waals surface area contributed by atoms with Crippen LogP contribution in [0.15, 0.2) is 47.4 Å². The van der Waals surface area contributed by atoms with E-state index in [9.17, 15) is 26.8 Å². The van der Waals surface area contributed by atoms with E-state index >= 15 is 0 Å². The number of carbonyl (C=O) groups excluding carboxylic acids is 2. The molecule has 1 fully saturated rings. The Kier molecular flexibility index (Phi) is 6.83. The molecule has 1 saturated carbocycles. The number of methoxy groups -OCH3 is 1. The molecular formula is C24H27F2N3O5S. The van der Waals surface area contributed by atoms with Gasteiger partial charge in [0.1, 0.15) is 5.75 Å². The van der Waals surface area contributed by atoms with Crippen LogP contribution in [-0.4, -0.2) is 51.1 Å². The molecule has 35 heavy (non-hydrogen) atoms. The molecular weight excluding hydrogens is 480 g/mol. The molecule has 2 aliphatic rings. The van der Waals surface area contributed by atoms with Gasteiger partial charge in [0.25, 0.3) is 5.91 Å². The first-order chi connectivity index (χ1) is 16.5. The zero-order valence-electron chi connectivity index (χ0n) is 19.2. The number of nitrogens with one attached hydrogen (secondary N) is 1. The fourth-order valence-electron chi connectivity index (χ4n) is 4.38. The molecule has 0 spiro atoms. The number of carbonyl (C=O) groups is 2. The van der Waals surface area contributed by atoms with Crippen LogP contribution in [0.3, 0.4) is 0 Å². The van der Waals surface area contributed by atoms with Crippen molar-refractivity contribution in [2.75, 3.05) is 17.8 Å². The van der Waals surface area contributed by atoms with Crippen molar-refractivity contribution in [3.63, 3.8) is 0 Å². The Hall–Kier alpha value is -3.05. The monoisotopic (exact) mass is 507 g/mol. The molecule has 4 rings (SSSR count).